The summed E-state index contributed by atoms with van der Waals surface area (Å²) >= 11 is 0. The predicted molar refractivity (Wildman–Crippen MR) is 54.3 cm³/mol. The average molecular weight is 162 g/mol. The summed E-state index contributed by atoms with van der Waals surface area (Å²) in [6, 6.07) is 10.8. The Kier molecular flexibility index (Phi) is 3.33. The molecule has 0 radical (unpaired) electrons. The van der Waals surface area contributed by atoms with Crippen LogP contribution in [0.1, 0.15) is 38.7 Å². The summed E-state index contributed by atoms with van der Waals surface area (Å²) < 4.78 is 0. The second-order valence-corrected chi connectivity index (χ2v) is 3.23. The van der Waals surface area contributed by atoms with Crippen molar-refractivity contribution in [1.82, 2.24) is 0 Å². The van der Waals surface area contributed by atoms with E-state index < -0.39 is 0 Å². The Morgan fingerprint density at radius 2 is 1.58 bits per heavy atom. The molecule has 66 valence electrons. The van der Waals surface area contributed by atoms with Crippen molar-refractivity contribution >= 4 is 0 Å². The van der Waals surface area contributed by atoms with Crippen LogP contribution in [0.25, 0.3) is 0 Å². The third kappa shape index (κ3) is 2.10. The van der Waals surface area contributed by atoms with Crippen molar-refractivity contribution in [3.8, 4) is 0 Å². The third-order valence-corrected chi connectivity index (χ3v) is 2.34. The standard InChI is InChI=1S/C10H12.C2H6/c1-8-7-10(8)9-5-3-2-4-6-9;1-2/h2-6,8,10H,7H2,1H3;1-2H3/t8?,10-;/m0./s1. The highest BCUT2D eigenvalue weighted by atomic mass is 14.4. The van der Waals surface area contributed by atoms with Gasteiger partial charge >= 0.3 is 0 Å². The van der Waals surface area contributed by atoms with E-state index in [-0.39, 0.29) is 0 Å². The topological polar surface area (TPSA) is 0 Å². The Morgan fingerprint density at radius 1 is 1.08 bits per heavy atom. The van der Waals surface area contributed by atoms with E-state index in [1.807, 2.05) is 13.8 Å². The van der Waals surface area contributed by atoms with Crippen molar-refractivity contribution < 1.29 is 0 Å². The first-order valence-electron chi connectivity index (χ1n) is 4.93. The van der Waals surface area contributed by atoms with Crippen molar-refractivity contribution in [3.63, 3.8) is 0 Å². The lowest BCUT2D eigenvalue weighted by Gasteiger charge is -1.94. The predicted octanol–water partition coefficient (Wildman–Crippen LogP) is 3.84. The minimum Gasteiger partial charge on any atom is -0.0683 e. The van der Waals surface area contributed by atoms with Gasteiger partial charge in [-0.3, -0.25) is 0 Å². The van der Waals surface area contributed by atoms with Gasteiger partial charge in [-0.2, -0.15) is 0 Å². The van der Waals surface area contributed by atoms with Crippen molar-refractivity contribution in [2.75, 3.05) is 0 Å². The lowest BCUT2D eigenvalue weighted by molar-refractivity contribution is 0.915. The van der Waals surface area contributed by atoms with E-state index in [0.29, 0.717) is 0 Å². The SMILES string of the molecule is CC.CC1C[C@@H]1c1ccccc1. The molecule has 0 aliphatic heterocycles. The third-order valence-electron chi connectivity index (χ3n) is 2.34. The summed E-state index contributed by atoms with van der Waals surface area (Å²) in [5.41, 5.74) is 1.52. The Morgan fingerprint density at radius 3 is 2.00 bits per heavy atom. The molecular weight excluding hydrogens is 144 g/mol. The highest BCUT2D eigenvalue weighted by Crippen LogP contribution is 2.46. The molecule has 0 spiro atoms. The van der Waals surface area contributed by atoms with Crippen molar-refractivity contribution in [1.29, 1.82) is 0 Å². The van der Waals surface area contributed by atoms with Gasteiger partial charge in [0, 0.05) is 0 Å². The van der Waals surface area contributed by atoms with Crippen LogP contribution in [-0.2, 0) is 0 Å². The Hall–Kier alpha value is -0.780. The quantitative estimate of drug-likeness (QED) is 0.588. The normalized spacial score (nSPS) is 25.6. The van der Waals surface area contributed by atoms with E-state index >= 15 is 0 Å². The largest absolute Gasteiger partial charge is 0.0683 e. The first-order valence-corrected chi connectivity index (χ1v) is 4.93. The summed E-state index contributed by atoms with van der Waals surface area (Å²) in [6.07, 6.45) is 1.39. The van der Waals surface area contributed by atoms with Gasteiger partial charge < -0.3 is 0 Å². The zero-order chi connectivity index (χ0) is 8.97. The summed E-state index contributed by atoms with van der Waals surface area (Å²) in [5.74, 6) is 1.81. The molecule has 0 amide bonds. The minimum atomic E-state index is 0.876. The molecule has 0 bridgehead atoms. The molecule has 1 aliphatic carbocycles. The highest BCUT2D eigenvalue weighted by molar-refractivity contribution is 5.24. The van der Waals surface area contributed by atoms with Crippen molar-refractivity contribution in [2.24, 2.45) is 5.92 Å². The van der Waals surface area contributed by atoms with Gasteiger partial charge in [0.15, 0.2) is 0 Å². The second-order valence-electron chi connectivity index (χ2n) is 3.23. The van der Waals surface area contributed by atoms with Crippen LogP contribution >= 0.6 is 0 Å². The zero-order valence-corrected chi connectivity index (χ0v) is 8.25. The monoisotopic (exact) mass is 162 g/mol. The fraction of sp³-hybridized carbons (Fsp3) is 0.500. The number of hydrogen-bond donors (Lipinski definition) is 0. The maximum Gasteiger partial charge on any atom is -0.0133 e. The molecule has 0 heterocycles. The molecule has 12 heavy (non-hydrogen) atoms. The molecule has 0 aromatic heterocycles. The Labute approximate surface area is 75.6 Å². The smallest absolute Gasteiger partial charge is 0.0133 e. The fourth-order valence-electron chi connectivity index (χ4n) is 1.49. The molecule has 0 nitrogen and oxygen atoms in total. The van der Waals surface area contributed by atoms with E-state index in [2.05, 4.69) is 37.3 Å². The summed E-state index contributed by atoms with van der Waals surface area (Å²) in [4.78, 5) is 0. The molecule has 1 aliphatic rings. The first-order chi connectivity index (χ1) is 5.88. The fourth-order valence-corrected chi connectivity index (χ4v) is 1.49. The van der Waals surface area contributed by atoms with Gasteiger partial charge in [-0.15, -0.1) is 0 Å². The molecule has 0 heteroatoms. The molecule has 1 saturated carbocycles. The molecule has 2 atom stereocenters. The molecular formula is C12H18. The Bertz CT molecular complexity index is 213. The highest BCUT2D eigenvalue weighted by Gasteiger charge is 2.33. The van der Waals surface area contributed by atoms with Crippen LogP contribution in [-0.4, -0.2) is 0 Å². The molecule has 1 aromatic carbocycles. The van der Waals surface area contributed by atoms with Crippen molar-refractivity contribution in [3.05, 3.63) is 35.9 Å². The molecule has 0 N–H and O–H groups in total. The molecule has 1 aromatic rings. The summed E-state index contributed by atoms with van der Waals surface area (Å²) in [6.45, 7) is 6.32. The summed E-state index contributed by atoms with van der Waals surface area (Å²) in [7, 11) is 0. The van der Waals surface area contributed by atoms with Gasteiger partial charge in [0.1, 0.15) is 0 Å². The zero-order valence-electron chi connectivity index (χ0n) is 8.25. The van der Waals surface area contributed by atoms with Gasteiger partial charge in [0.2, 0.25) is 0 Å². The van der Waals surface area contributed by atoms with Gasteiger partial charge in [-0.1, -0.05) is 51.1 Å². The minimum absolute atomic E-state index is 0.876. The maximum atomic E-state index is 2.32. The molecule has 1 fully saturated rings. The lowest BCUT2D eigenvalue weighted by Crippen LogP contribution is -1.77. The van der Waals surface area contributed by atoms with E-state index in [9.17, 15) is 0 Å². The maximum absolute atomic E-state index is 2.32. The van der Waals surface area contributed by atoms with E-state index in [1.165, 1.54) is 12.0 Å². The number of rotatable bonds is 1. The first kappa shape index (κ1) is 9.31. The van der Waals surface area contributed by atoms with Crippen LogP contribution in [0.4, 0.5) is 0 Å². The number of benzene rings is 1. The van der Waals surface area contributed by atoms with E-state index in [4.69, 9.17) is 0 Å². The number of hydrogen-bond acceptors (Lipinski definition) is 0. The molecule has 2 rings (SSSR count). The summed E-state index contributed by atoms with van der Waals surface area (Å²) in [5, 5.41) is 0. The van der Waals surface area contributed by atoms with Crippen LogP contribution in [0.5, 0.6) is 0 Å². The van der Waals surface area contributed by atoms with Gasteiger partial charge in [-0.25, -0.2) is 0 Å². The molecule has 1 unspecified atom stereocenters. The van der Waals surface area contributed by atoms with Gasteiger partial charge in [0.05, 0.1) is 0 Å². The van der Waals surface area contributed by atoms with Crippen LogP contribution in [0.2, 0.25) is 0 Å². The average Bonchev–Trinajstić information content (AvgIpc) is 2.88. The van der Waals surface area contributed by atoms with Crippen LogP contribution in [0, 0.1) is 5.92 Å². The van der Waals surface area contributed by atoms with Crippen LogP contribution in [0.3, 0.4) is 0 Å². The van der Waals surface area contributed by atoms with Gasteiger partial charge in [0.25, 0.3) is 0 Å². The molecule has 0 saturated heterocycles. The van der Waals surface area contributed by atoms with E-state index in [1.54, 1.807) is 0 Å². The second kappa shape index (κ2) is 4.30. The van der Waals surface area contributed by atoms with Crippen molar-refractivity contribution in [2.45, 2.75) is 33.1 Å². The van der Waals surface area contributed by atoms with E-state index in [0.717, 1.165) is 11.8 Å². The van der Waals surface area contributed by atoms with Crippen LogP contribution in [0.15, 0.2) is 30.3 Å². The van der Waals surface area contributed by atoms with Crippen LogP contribution < -0.4 is 0 Å². The lowest BCUT2D eigenvalue weighted by atomic mass is 10.1. The van der Waals surface area contributed by atoms with Gasteiger partial charge in [-0.05, 0) is 23.8 Å². The Balaban J connectivity index is 0.000000336.